The molecule has 0 aliphatic carbocycles. The number of benzene rings is 2. The molecule has 0 radical (unpaired) electrons. The predicted octanol–water partition coefficient (Wildman–Crippen LogP) is 2.88. The number of carbonyl (C=O) groups excluding carboxylic acids is 1. The van der Waals surface area contributed by atoms with E-state index in [-0.39, 0.29) is 18.0 Å². The quantitative estimate of drug-likeness (QED) is 0.543. The lowest BCUT2D eigenvalue weighted by molar-refractivity contribution is -0.122. The van der Waals surface area contributed by atoms with Crippen molar-refractivity contribution in [2.75, 3.05) is 7.11 Å². The SMILES string of the molecule is COc1ccc(C2CC(C(=O)N/N=C/c3ccc(C(C)C)cc3)NN2)cc1. The molecule has 6 heteroatoms. The van der Waals surface area contributed by atoms with Crippen LogP contribution in [0.4, 0.5) is 0 Å². The van der Waals surface area contributed by atoms with Crippen LogP contribution in [0.2, 0.25) is 0 Å². The monoisotopic (exact) mass is 366 g/mol. The van der Waals surface area contributed by atoms with Crippen LogP contribution in [-0.4, -0.2) is 25.3 Å². The Morgan fingerprint density at radius 3 is 2.48 bits per heavy atom. The lowest BCUT2D eigenvalue weighted by Gasteiger charge is -2.10. The van der Waals surface area contributed by atoms with E-state index in [1.165, 1.54) is 5.56 Å². The van der Waals surface area contributed by atoms with Gasteiger partial charge in [-0.25, -0.2) is 16.3 Å². The first-order chi connectivity index (χ1) is 13.1. The van der Waals surface area contributed by atoms with Gasteiger partial charge in [0.05, 0.1) is 13.3 Å². The first kappa shape index (κ1) is 19.1. The van der Waals surface area contributed by atoms with Crippen molar-refractivity contribution < 1.29 is 9.53 Å². The van der Waals surface area contributed by atoms with Gasteiger partial charge in [0.2, 0.25) is 0 Å². The molecule has 3 rings (SSSR count). The van der Waals surface area contributed by atoms with Gasteiger partial charge in [0.25, 0.3) is 5.91 Å². The topological polar surface area (TPSA) is 74.8 Å². The van der Waals surface area contributed by atoms with Crippen LogP contribution in [0.3, 0.4) is 0 Å². The zero-order chi connectivity index (χ0) is 19.2. The maximum atomic E-state index is 12.3. The van der Waals surface area contributed by atoms with E-state index in [4.69, 9.17) is 4.74 Å². The highest BCUT2D eigenvalue weighted by Crippen LogP contribution is 2.24. The van der Waals surface area contributed by atoms with Crippen LogP contribution in [0.5, 0.6) is 5.75 Å². The third kappa shape index (κ3) is 4.93. The molecular weight excluding hydrogens is 340 g/mol. The summed E-state index contributed by atoms with van der Waals surface area (Å²) >= 11 is 0. The maximum Gasteiger partial charge on any atom is 0.258 e. The molecule has 2 atom stereocenters. The van der Waals surface area contributed by atoms with Crippen LogP contribution in [0.1, 0.15) is 48.9 Å². The Hall–Kier alpha value is -2.70. The Morgan fingerprint density at radius 2 is 1.85 bits per heavy atom. The van der Waals surface area contributed by atoms with Gasteiger partial charge in [0, 0.05) is 6.04 Å². The number of hydrazine groups is 1. The Labute approximate surface area is 160 Å². The summed E-state index contributed by atoms with van der Waals surface area (Å²) in [5.74, 6) is 1.15. The molecule has 6 nitrogen and oxygen atoms in total. The van der Waals surface area contributed by atoms with Gasteiger partial charge >= 0.3 is 0 Å². The fourth-order valence-electron chi connectivity index (χ4n) is 3.00. The second-order valence-corrected chi connectivity index (χ2v) is 6.96. The van der Waals surface area contributed by atoms with E-state index in [9.17, 15) is 4.79 Å². The highest BCUT2D eigenvalue weighted by atomic mass is 16.5. The van der Waals surface area contributed by atoms with Crippen LogP contribution in [0.25, 0.3) is 0 Å². The molecule has 142 valence electrons. The molecule has 2 unspecified atom stereocenters. The first-order valence-corrected chi connectivity index (χ1v) is 9.14. The third-order valence-electron chi connectivity index (χ3n) is 4.73. The smallest absolute Gasteiger partial charge is 0.258 e. The molecule has 2 aromatic rings. The highest BCUT2D eigenvalue weighted by molar-refractivity contribution is 5.85. The van der Waals surface area contributed by atoms with Crippen LogP contribution >= 0.6 is 0 Å². The summed E-state index contributed by atoms with van der Waals surface area (Å²) in [5.41, 5.74) is 12.1. The average Bonchev–Trinajstić information content (AvgIpc) is 3.19. The number of nitrogens with one attached hydrogen (secondary N) is 3. The van der Waals surface area contributed by atoms with E-state index in [1.54, 1.807) is 13.3 Å². The lowest BCUT2D eigenvalue weighted by atomic mass is 10.0. The van der Waals surface area contributed by atoms with E-state index in [1.807, 2.05) is 36.4 Å². The van der Waals surface area contributed by atoms with Crippen molar-refractivity contribution in [3.05, 3.63) is 65.2 Å². The highest BCUT2D eigenvalue weighted by Gasteiger charge is 2.29. The van der Waals surface area contributed by atoms with Gasteiger partial charge in [-0.2, -0.15) is 5.10 Å². The molecule has 1 amide bonds. The van der Waals surface area contributed by atoms with E-state index in [0.29, 0.717) is 12.3 Å². The van der Waals surface area contributed by atoms with E-state index in [2.05, 4.69) is 47.4 Å². The minimum atomic E-state index is -0.336. The third-order valence-corrected chi connectivity index (χ3v) is 4.73. The number of ether oxygens (including phenoxy) is 1. The Balaban J connectivity index is 1.51. The van der Waals surface area contributed by atoms with Crippen molar-refractivity contribution in [3.63, 3.8) is 0 Å². The fourth-order valence-corrected chi connectivity index (χ4v) is 3.00. The number of nitrogens with zero attached hydrogens (tertiary/aromatic N) is 1. The molecule has 27 heavy (non-hydrogen) atoms. The van der Waals surface area contributed by atoms with Gasteiger partial charge in [-0.3, -0.25) is 4.79 Å². The summed E-state index contributed by atoms with van der Waals surface area (Å²) in [7, 11) is 1.64. The van der Waals surface area contributed by atoms with E-state index in [0.717, 1.165) is 16.9 Å². The van der Waals surface area contributed by atoms with Crippen LogP contribution in [-0.2, 0) is 4.79 Å². The largest absolute Gasteiger partial charge is 0.497 e. The molecule has 1 aliphatic rings. The van der Waals surface area contributed by atoms with Crippen molar-refractivity contribution in [2.45, 2.75) is 38.3 Å². The number of hydrogen-bond donors (Lipinski definition) is 3. The minimum Gasteiger partial charge on any atom is -0.497 e. The Kier molecular flexibility index (Phi) is 6.21. The zero-order valence-corrected chi connectivity index (χ0v) is 15.9. The molecule has 1 aliphatic heterocycles. The number of hydrazone groups is 1. The van der Waals surface area contributed by atoms with Gasteiger partial charge in [-0.05, 0) is 41.2 Å². The molecule has 2 aromatic carbocycles. The fraction of sp³-hybridized carbons (Fsp3) is 0.333. The molecule has 0 bridgehead atoms. The van der Waals surface area contributed by atoms with Crippen LogP contribution in [0, 0.1) is 0 Å². The molecule has 1 saturated heterocycles. The summed E-state index contributed by atoms with van der Waals surface area (Å²) in [6.45, 7) is 4.32. The van der Waals surface area contributed by atoms with Crippen LogP contribution < -0.4 is 21.0 Å². The molecule has 1 fully saturated rings. The number of hydrogen-bond acceptors (Lipinski definition) is 5. The summed E-state index contributed by atoms with van der Waals surface area (Å²) in [5, 5.41) is 4.07. The summed E-state index contributed by atoms with van der Waals surface area (Å²) in [6.07, 6.45) is 2.31. The molecule has 0 saturated carbocycles. The van der Waals surface area contributed by atoms with E-state index < -0.39 is 0 Å². The van der Waals surface area contributed by atoms with Crippen molar-refractivity contribution in [2.24, 2.45) is 5.10 Å². The molecule has 1 heterocycles. The van der Waals surface area contributed by atoms with Crippen molar-refractivity contribution >= 4 is 12.1 Å². The van der Waals surface area contributed by atoms with Gasteiger partial charge in [-0.1, -0.05) is 50.2 Å². The van der Waals surface area contributed by atoms with Gasteiger partial charge in [-0.15, -0.1) is 0 Å². The summed E-state index contributed by atoms with van der Waals surface area (Å²) in [4.78, 5) is 12.3. The van der Waals surface area contributed by atoms with Crippen molar-refractivity contribution in [1.29, 1.82) is 0 Å². The Morgan fingerprint density at radius 1 is 1.15 bits per heavy atom. The number of methoxy groups -OCH3 is 1. The standard InChI is InChI=1S/C21H26N4O2/c1-14(2)16-6-4-15(5-7-16)13-22-25-21(26)20-12-19(23-24-20)17-8-10-18(27-3)11-9-17/h4-11,13-14,19-20,23-24H,12H2,1-3H3,(H,25,26)/b22-13+. The number of amides is 1. The van der Waals surface area contributed by atoms with Crippen molar-refractivity contribution in [3.8, 4) is 5.75 Å². The number of rotatable bonds is 6. The molecule has 0 spiro atoms. The molecular formula is C21H26N4O2. The van der Waals surface area contributed by atoms with Gasteiger partial charge < -0.3 is 4.74 Å². The zero-order valence-electron chi connectivity index (χ0n) is 15.9. The van der Waals surface area contributed by atoms with E-state index >= 15 is 0 Å². The molecule has 0 aromatic heterocycles. The Bertz CT molecular complexity index is 785. The molecule has 3 N–H and O–H groups in total. The normalized spacial score (nSPS) is 19.6. The number of carbonyl (C=O) groups is 1. The second kappa shape index (κ2) is 8.79. The lowest BCUT2D eigenvalue weighted by Crippen LogP contribution is -2.41. The van der Waals surface area contributed by atoms with Crippen molar-refractivity contribution in [1.82, 2.24) is 16.3 Å². The predicted molar refractivity (Wildman–Crippen MR) is 107 cm³/mol. The first-order valence-electron chi connectivity index (χ1n) is 9.14. The minimum absolute atomic E-state index is 0.0687. The second-order valence-electron chi connectivity index (χ2n) is 6.96. The maximum absolute atomic E-state index is 12.3. The van der Waals surface area contributed by atoms with Gasteiger partial charge in [0.15, 0.2) is 0 Å². The average molecular weight is 366 g/mol. The summed E-state index contributed by atoms with van der Waals surface area (Å²) in [6, 6.07) is 15.7. The van der Waals surface area contributed by atoms with Crippen LogP contribution in [0.15, 0.2) is 53.6 Å². The van der Waals surface area contributed by atoms with Gasteiger partial charge in [0.1, 0.15) is 11.8 Å². The summed E-state index contributed by atoms with van der Waals surface area (Å²) < 4.78 is 5.17.